The second-order valence-corrected chi connectivity index (χ2v) is 9.72. The number of carbonyl (C=O) groups is 1. The van der Waals surface area contributed by atoms with Crippen molar-refractivity contribution in [3.05, 3.63) is 60.1 Å². The molecule has 1 unspecified atom stereocenters. The molecular formula is C25H25ClF2N4O. The molecule has 2 aromatic heterocycles. The lowest BCUT2D eigenvalue weighted by Crippen LogP contribution is -2.56. The molecule has 0 N–H and O–H groups in total. The predicted octanol–water partition coefficient (Wildman–Crippen LogP) is 5.20. The molecule has 0 amide bonds. The highest BCUT2D eigenvalue weighted by Gasteiger charge is 2.49. The van der Waals surface area contributed by atoms with Crippen molar-refractivity contribution >= 4 is 17.4 Å². The number of imidazole rings is 1. The Hall–Kier alpha value is -2.64. The summed E-state index contributed by atoms with van der Waals surface area (Å²) in [5.41, 5.74) is 3.55. The lowest BCUT2D eigenvalue weighted by atomic mass is 9.77. The molecule has 1 atom stereocenters. The molecule has 5 nitrogen and oxygen atoms in total. The van der Waals surface area contributed by atoms with Gasteiger partial charge in [-0.1, -0.05) is 23.7 Å². The molecule has 172 valence electrons. The molecule has 5 rings (SSSR count). The van der Waals surface area contributed by atoms with Crippen LogP contribution >= 0.6 is 11.6 Å². The number of halogens is 3. The Morgan fingerprint density at radius 1 is 1.12 bits per heavy atom. The minimum Gasteiger partial charge on any atom is -0.323 e. The van der Waals surface area contributed by atoms with Crippen LogP contribution in [0.5, 0.6) is 0 Å². The maximum atomic E-state index is 13.3. The van der Waals surface area contributed by atoms with Crippen LogP contribution in [0.4, 0.5) is 8.78 Å². The first-order chi connectivity index (χ1) is 15.9. The second-order valence-electron chi connectivity index (χ2n) is 9.28. The van der Waals surface area contributed by atoms with Crippen LogP contribution in [0.25, 0.3) is 22.5 Å². The largest absolute Gasteiger partial charge is 0.323 e. The Kier molecular flexibility index (Phi) is 6.01. The van der Waals surface area contributed by atoms with Gasteiger partial charge in [-0.3, -0.25) is 14.7 Å². The zero-order chi connectivity index (χ0) is 23.0. The maximum absolute atomic E-state index is 13.3. The van der Waals surface area contributed by atoms with Gasteiger partial charge in [-0.2, -0.15) is 0 Å². The van der Waals surface area contributed by atoms with E-state index in [1.807, 2.05) is 41.0 Å². The summed E-state index contributed by atoms with van der Waals surface area (Å²) in [5.74, 6) is 0.139. The van der Waals surface area contributed by atoms with E-state index in [9.17, 15) is 13.6 Å². The summed E-state index contributed by atoms with van der Waals surface area (Å²) in [5, 5.41) is 0.650. The summed E-state index contributed by atoms with van der Waals surface area (Å²) >= 11 is 6.06. The number of nitrogens with zero attached hydrogens (tertiary/aromatic N) is 4. The zero-order valence-corrected chi connectivity index (χ0v) is 18.9. The average molecular weight is 471 g/mol. The number of aromatic nitrogens is 3. The van der Waals surface area contributed by atoms with Gasteiger partial charge in [0.25, 0.3) is 6.43 Å². The standard InChI is InChI=1S/C25H25ClF2N4O/c26-20-3-1-17(2-4-20)23-24(18-6-9-29-10-7-18)32(16-30-23)12-21(33)19-5-8-25(11-19)14-31(15-25)13-22(27)28/h1-4,6-7,9-10,16,19,22H,5,8,11-15H2. The van der Waals surface area contributed by atoms with Crippen molar-refractivity contribution in [3.63, 3.8) is 0 Å². The van der Waals surface area contributed by atoms with Crippen LogP contribution in [0, 0.1) is 11.3 Å². The van der Waals surface area contributed by atoms with Gasteiger partial charge in [0.15, 0.2) is 5.78 Å². The summed E-state index contributed by atoms with van der Waals surface area (Å²) in [7, 11) is 0. The molecule has 1 saturated carbocycles. The quantitative estimate of drug-likeness (QED) is 0.476. The van der Waals surface area contributed by atoms with Gasteiger partial charge in [-0.05, 0) is 48.9 Å². The number of ketones is 1. The minimum atomic E-state index is -2.30. The SMILES string of the molecule is O=C(Cn1cnc(-c2ccc(Cl)cc2)c1-c1ccncc1)C1CCC2(C1)CN(CC(F)F)C2. The van der Waals surface area contributed by atoms with Crippen LogP contribution in [0.15, 0.2) is 55.1 Å². The highest BCUT2D eigenvalue weighted by molar-refractivity contribution is 6.30. The fourth-order valence-electron chi connectivity index (χ4n) is 5.43. The van der Waals surface area contributed by atoms with Gasteiger partial charge in [0, 0.05) is 47.6 Å². The topological polar surface area (TPSA) is 51.0 Å². The molecule has 33 heavy (non-hydrogen) atoms. The van der Waals surface area contributed by atoms with Gasteiger partial charge in [-0.25, -0.2) is 13.8 Å². The van der Waals surface area contributed by atoms with E-state index < -0.39 is 6.43 Å². The van der Waals surface area contributed by atoms with Crippen molar-refractivity contribution in [3.8, 4) is 22.5 Å². The second kappa shape index (κ2) is 8.95. The molecule has 1 aliphatic heterocycles. The fourth-order valence-corrected chi connectivity index (χ4v) is 5.55. The van der Waals surface area contributed by atoms with E-state index in [1.54, 1.807) is 23.6 Å². The molecule has 3 heterocycles. The van der Waals surface area contributed by atoms with E-state index in [-0.39, 0.29) is 30.2 Å². The predicted molar refractivity (Wildman–Crippen MR) is 123 cm³/mol. The molecule has 3 aromatic rings. The molecule has 1 aromatic carbocycles. The third-order valence-corrected chi connectivity index (χ3v) is 7.16. The van der Waals surface area contributed by atoms with Crippen molar-refractivity contribution in [2.45, 2.75) is 32.2 Å². The molecule has 1 aliphatic carbocycles. The van der Waals surface area contributed by atoms with Gasteiger partial charge < -0.3 is 4.57 Å². The van der Waals surface area contributed by atoms with Crippen LogP contribution in [0.3, 0.4) is 0 Å². The monoisotopic (exact) mass is 470 g/mol. The molecule has 2 fully saturated rings. The van der Waals surface area contributed by atoms with Crippen molar-refractivity contribution in [2.75, 3.05) is 19.6 Å². The Balaban J connectivity index is 1.35. The number of benzene rings is 1. The number of carbonyl (C=O) groups excluding carboxylic acids is 1. The zero-order valence-electron chi connectivity index (χ0n) is 18.1. The van der Waals surface area contributed by atoms with Crippen LogP contribution in [0.1, 0.15) is 19.3 Å². The molecule has 0 radical (unpaired) electrons. The summed E-state index contributed by atoms with van der Waals surface area (Å²) in [6.45, 7) is 1.42. The van der Waals surface area contributed by atoms with E-state index >= 15 is 0 Å². The van der Waals surface area contributed by atoms with Crippen LogP contribution in [-0.4, -0.2) is 51.3 Å². The molecular weight excluding hydrogens is 446 g/mol. The Morgan fingerprint density at radius 3 is 2.55 bits per heavy atom. The first-order valence-corrected chi connectivity index (χ1v) is 11.5. The van der Waals surface area contributed by atoms with Crippen molar-refractivity contribution in [1.82, 2.24) is 19.4 Å². The van der Waals surface area contributed by atoms with Crippen molar-refractivity contribution < 1.29 is 13.6 Å². The van der Waals surface area contributed by atoms with Crippen LogP contribution in [-0.2, 0) is 11.3 Å². The van der Waals surface area contributed by atoms with Gasteiger partial charge in [0.2, 0.25) is 0 Å². The van der Waals surface area contributed by atoms with Crippen molar-refractivity contribution in [1.29, 1.82) is 0 Å². The van der Waals surface area contributed by atoms with E-state index in [2.05, 4.69) is 9.97 Å². The Labute approximate surface area is 196 Å². The van der Waals surface area contributed by atoms with Gasteiger partial charge in [0.1, 0.15) is 0 Å². The van der Waals surface area contributed by atoms with Crippen LogP contribution < -0.4 is 0 Å². The molecule has 1 saturated heterocycles. The number of Topliss-reactive ketones (excluding diaryl/α,β-unsaturated/α-hetero) is 1. The molecule has 1 spiro atoms. The normalized spacial score (nSPS) is 19.8. The highest BCUT2D eigenvalue weighted by Crippen LogP contribution is 2.48. The fraction of sp³-hybridized carbons (Fsp3) is 0.400. The lowest BCUT2D eigenvalue weighted by molar-refractivity contribution is -0.124. The van der Waals surface area contributed by atoms with Crippen molar-refractivity contribution in [2.24, 2.45) is 11.3 Å². The smallest absolute Gasteiger partial charge is 0.251 e. The summed E-state index contributed by atoms with van der Waals surface area (Å²) in [4.78, 5) is 23.8. The Bertz CT molecular complexity index is 1130. The highest BCUT2D eigenvalue weighted by atomic mass is 35.5. The van der Waals surface area contributed by atoms with Gasteiger partial charge in [0.05, 0.1) is 30.8 Å². The van der Waals surface area contributed by atoms with E-state index in [4.69, 9.17) is 11.6 Å². The van der Waals surface area contributed by atoms with E-state index in [1.165, 1.54) is 0 Å². The first kappa shape index (κ1) is 22.2. The summed E-state index contributed by atoms with van der Waals surface area (Å²) in [6, 6.07) is 11.3. The number of hydrogen-bond donors (Lipinski definition) is 0. The summed E-state index contributed by atoms with van der Waals surface area (Å²) < 4.78 is 27.2. The summed E-state index contributed by atoms with van der Waals surface area (Å²) in [6.07, 6.45) is 5.41. The number of hydrogen-bond acceptors (Lipinski definition) is 4. The Morgan fingerprint density at radius 2 is 1.85 bits per heavy atom. The third kappa shape index (κ3) is 4.57. The number of likely N-dealkylation sites (tertiary alicyclic amines) is 1. The first-order valence-electron chi connectivity index (χ1n) is 11.2. The maximum Gasteiger partial charge on any atom is 0.251 e. The van der Waals surface area contributed by atoms with Crippen LogP contribution in [0.2, 0.25) is 5.02 Å². The molecule has 0 bridgehead atoms. The third-order valence-electron chi connectivity index (χ3n) is 6.91. The van der Waals surface area contributed by atoms with Gasteiger partial charge in [-0.15, -0.1) is 0 Å². The van der Waals surface area contributed by atoms with E-state index in [0.717, 1.165) is 41.8 Å². The molecule has 8 heteroatoms. The lowest BCUT2D eigenvalue weighted by Gasteiger charge is -2.48. The minimum absolute atomic E-state index is 0.0343. The number of rotatable bonds is 7. The number of alkyl halides is 2. The van der Waals surface area contributed by atoms with E-state index in [0.29, 0.717) is 18.1 Å². The molecule has 2 aliphatic rings. The average Bonchev–Trinajstić information content (AvgIpc) is 3.40. The van der Waals surface area contributed by atoms with Gasteiger partial charge >= 0.3 is 0 Å². The number of pyridine rings is 1.